The average Bonchev–Trinajstić information content (AvgIpc) is 2.44. The van der Waals surface area contributed by atoms with Crippen LogP contribution in [0.1, 0.15) is 6.92 Å². The van der Waals surface area contributed by atoms with Crippen LogP contribution in [-0.2, 0) is 0 Å². The molecule has 7 heavy (non-hydrogen) atoms. The number of hydrogen-bond acceptors (Lipinski definition) is 2. The molecule has 0 saturated carbocycles. The summed E-state index contributed by atoms with van der Waals surface area (Å²) in [6, 6.07) is 0. The molecule has 0 aromatic rings. The van der Waals surface area contributed by atoms with Crippen LogP contribution < -0.4 is 0 Å². The van der Waals surface area contributed by atoms with E-state index in [0.29, 0.717) is 0 Å². The van der Waals surface area contributed by atoms with Gasteiger partial charge in [-0.25, -0.2) is 0 Å². The predicted octanol–water partition coefficient (Wildman–Crippen LogP) is 0.737. The highest BCUT2D eigenvalue weighted by Gasteiger charge is 1.98. The fraction of sp³-hybridized carbons (Fsp3) is 0.500. The second-order valence-corrected chi connectivity index (χ2v) is 5.61. The number of hydroxylamine groups is 1. The van der Waals surface area contributed by atoms with Crippen molar-refractivity contribution < 1.29 is 5.21 Å². The summed E-state index contributed by atoms with van der Waals surface area (Å²) in [5, 5.41) is 8.84. The molecule has 1 rings (SSSR count). The van der Waals surface area contributed by atoms with Gasteiger partial charge in [-0.15, -0.1) is 3.28 Å². The smallest absolute Gasteiger partial charge is 0.0307 e. The Labute approximate surface area is 49.4 Å². The van der Waals surface area contributed by atoms with Crippen LogP contribution in [0.3, 0.4) is 0 Å². The first-order valence-electron chi connectivity index (χ1n) is 2.16. The molecule has 42 valence electrons. The van der Waals surface area contributed by atoms with Gasteiger partial charge < -0.3 is 5.21 Å². The van der Waals surface area contributed by atoms with E-state index >= 15 is 0 Å². The molecule has 2 nitrogen and oxygen atoms in total. The van der Waals surface area contributed by atoms with E-state index in [1.165, 1.54) is 3.28 Å². The van der Waals surface area contributed by atoms with E-state index in [2.05, 4.69) is 8.02 Å². The summed E-state index contributed by atoms with van der Waals surface area (Å²) in [6.45, 7) is 2.73. The van der Waals surface area contributed by atoms with Crippen LogP contribution in [0.25, 0.3) is 0 Å². The molecule has 0 bridgehead atoms. The molecule has 0 amide bonds. The van der Waals surface area contributed by atoms with Crippen LogP contribution in [-0.4, -0.2) is 23.1 Å². The molecular weight excluding hydrogens is 205 g/mol. The Bertz CT molecular complexity index is 136. The van der Waals surface area contributed by atoms with Gasteiger partial charge in [0.05, 0.1) is 0 Å². The van der Waals surface area contributed by atoms with Gasteiger partial charge in [0.1, 0.15) is 0 Å². The van der Waals surface area contributed by atoms with E-state index in [-0.39, 0.29) is 0 Å². The lowest BCUT2D eigenvalue weighted by Crippen LogP contribution is -2.02. The monoisotopic (exact) mass is 213 g/mol. The molecule has 0 saturated heterocycles. The third-order valence-electron chi connectivity index (χ3n) is 0.725. The van der Waals surface area contributed by atoms with Crippen LogP contribution in [0.4, 0.5) is 0 Å². The molecule has 0 unspecified atom stereocenters. The highest BCUT2D eigenvalue weighted by molar-refractivity contribution is 14.2. The summed E-state index contributed by atoms with van der Waals surface area (Å²) >= 11 is -1.02. The predicted molar refractivity (Wildman–Crippen MR) is 40.3 cm³/mol. The number of rotatable bonds is 2. The van der Waals surface area contributed by atoms with E-state index < -0.39 is 19.1 Å². The number of nitrogens with zero attached hydrogens (tertiary/aromatic N) is 1. The quantitative estimate of drug-likeness (QED) is 0.415. The van der Waals surface area contributed by atoms with Crippen molar-refractivity contribution >= 4 is 27.2 Å². The molecule has 1 aliphatic heterocycles. The summed E-state index contributed by atoms with van der Waals surface area (Å²) in [6.07, 6.45) is 0. The summed E-state index contributed by atoms with van der Waals surface area (Å²) < 4.78 is 5.66. The largest absolute Gasteiger partial charge is 0.305 e. The maximum Gasteiger partial charge on any atom is 0.0307 e. The van der Waals surface area contributed by atoms with Gasteiger partial charge in [-0.2, -0.15) is 0 Å². The molecule has 0 aromatic heterocycles. The molecule has 1 heterocycles. The van der Waals surface area contributed by atoms with Gasteiger partial charge in [0, 0.05) is 6.54 Å². The first-order valence-corrected chi connectivity index (χ1v) is 5.62. The van der Waals surface area contributed by atoms with Crippen LogP contribution in [0.2, 0.25) is 0 Å². The Hall–Kier alpha value is 0.390. The van der Waals surface area contributed by atoms with Crippen molar-refractivity contribution in [2.75, 3.05) is 6.54 Å². The minimum absolute atomic E-state index is 0.776. The topological polar surface area (TPSA) is 23.5 Å². The van der Waals surface area contributed by atoms with E-state index in [4.69, 9.17) is 5.21 Å². The minimum atomic E-state index is -1.02. The zero-order valence-electron chi connectivity index (χ0n) is 4.13. The summed E-state index contributed by atoms with van der Waals surface area (Å²) in [7, 11) is 0. The molecular formula is C4H8INO. The third-order valence-corrected chi connectivity index (χ3v) is 4.06. The lowest BCUT2D eigenvalue weighted by atomic mass is 10.8. The normalized spacial score (nSPS) is 18.7. The minimum Gasteiger partial charge on any atom is -0.305 e. The second kappa shape index (κ2) is 2.11. The Morgan fingerprint density at radius 1 is 1.71 bits per heavy atom. The van der Waals surface area contributed by atoms with Crippen LogP contribution in [0.15, 0.2) is 0 Å². The first-order chi connectivity index (χ1) is 3.34. The van der Waals surface area contributed by atoms with Crippen molar-refractivity contribution in [1.29, 1.82) is 0 Å². The van der Waals surface area contributed by atoms with Crippen molar-refractivity contribution in [2.24, 2.45) is 0 Å². The van der Waals surface area contributed by atoms with Crippen molar-refractivity contribution in [3.63, 3.8) is 0 Å². The summed E-state index contributed by atoms with van der Waals surface area (Å²) in [4.78, 5) is 0. The first kappa shape index (κ1) is 5.53. The molecule has 0 spiro atoms. The van der Waals surface area contributed by atoms with Gasteiger partial charge in [0.15, 0.2) is 0 Å². The molecule has 0 aromatic carbocycles. The number of hydrogen-bond donors (Lipinski definition) is 1. The lowest BCUT2D eigenvalue weighted by Gasteiger charge is -2.00. The van der Waals surface area contributed by atoms with Crippen LogP contribution >= 0.6 is 19.1 Å². The summed E-state index contributed by atoms with van der Waals surface area (Å²) in [5.41, 5.74) is 0. The Morgan fingerprint density at radius 3 is 2.43 bits per heavy atom. The van der Waals surface area contributed by atoms with E-state index in [1.54, 1.807) is 0 Å². The van der Waals surface area contributed by atoms with Gasteiger partial charge in [-0.05, 0) is 34.1 Å². The Morgan fingerprint density at radius 2 is 2.29 bits per heavy atom. The fourth-order valence-corrected chi connectivity index (χ4v) is 2.76. The van der Waals surface area contributed by atoms with E-state index in [0.717, 1.165) is 6.54 Å². The maximum atomic E-state index is 8.84. The molecule has 3 heteroatoms. The molecule has 0 atom stereocenters. The summed E-state index contributed by atoms with van der Waals surface area (Å²) in [5.74, 6) is 0. The second-order valence-electron chi connectivity index (χ2n) is 1.23. The lowest BCUT2D eigenvalue weighted by molar-refractivity contribution is 0.0465. The van der Waals surface area contributed by atoms with Gasteiger partial charge in [0.25, 0.3) is 0 Å². The molecule has 0 radical (unpaired) electrons. The van der Waals surface area contributed by atoms with Crippen molar-refractivity contribution in [3.05, 3.63) is 0 Å². The standard InChI is InChI=1S/C4H8INO/c1-2-6(7)5-3-4-5/h3-4,7H,2H2,1H3. The van der Waals surface area contributed by atoms with Gasteiger partial charge in [-0.3, -0.25) is 0 Å². The van der Waals surface area contributed by atoms with E-state index in [9.17, 15) is 0 Å². The molecule has 1 N–H and O–H groups in total. The Kier molecular flexibility index (Phi) is 1.66. The van der Waals surface area contributed by atoms with Crippen molar-refractivity contribution in [2.45, 2.75) is 6.92 Å². The zero-order chi connectivity index (χ0) is 5.28. The van der Waals surface area contributed by atoms with Crippen molar-refractivity contribution in [3.8, 4) is 0 Å². The molecule has 1 aliphatic rings. The average molecular weight is 213 g/mol. The Balaban J connectivity index is 2.39. The van der Waals surface area contributed by atoms with Crippen LogP contribution in [0.5, 0.6) is 0 Å². The van der Waals surface area contributed by atoms with Gasteiger partial charge >= 0.3 is 0 Å². The van der Waals surface area contributed by atoms with Crippen molar-refractivity contribution in [1.82, 2.24) is 3.28 Å². The fourth-order valence-electron chi connectivity index (χ4n) is 0.289. The SMILES string of the molecule is CCN(O)I1=CC=1. The molecule has 0 fully saturated rings. The van der Waals surface area contributed by atoms with Gasteiger partial charge in [0.2, 0.25) is 0 Å². The zero-order valence-corrected chi connectivity index (χ0v) is 6.29. The highest BCUT2D eigenvalue weighted by atomic mass is 127. The molecule has 0 aliphatic carbocycles. The van der Waals surface area contributed by atoms with Crippen LogP contribution in [0, 0.1) is 0 Å². The van der Waals surface area contributed by atoms with Gasteiger partial charge in [-0.1, -0.05) is 0 Å². The third kappa shape index (κ3) is 1.40. The maximum absolute atomic E-state index is 8.84. The highest BCUT2D eigenvalue weighted by Crippen LogP contribution is 2.20. The number of halogens is 1. The van der Waals surface area contributed by atoms with E-state index in [1.807, 2.05) is 6.92 Å².